The van der Waals surface area contributed by atoms with Crippen LogP contribution in [-0.4, -0.2) is 53.3 Å². The van der Waals surface area contributed by atoms with Crippen LogP contribution in [0.1, 0.15) is 31.4 Å². The molecule has 1 saturated carbocycles. The Labute approximate surface area is 157 Å². The molecule has 2 heterocycles. The first kappa shape index (κ1) is 17.7. The molecule has 1 aliphatic carbocycles. The molecule has 1 amide bonds. The molecule has 2 aromatic rings. The molecular formula is C20H23FN4O2. The molecule has 1 aliphatic heterocycles. The summed E-state index contributed by atoms with van der Waals surface area (Å²) in [5, 5.41) is 8.67. The summed E-state index contributed by atoms with van der Waals surface area (Å²) in [5.41, 5.74) is 1.08. The third kappa shape index (κ3) is 4.18. The molecule has 0 N–H and O–H groups in total. The number of piperazine rings is 1. The van der Waals surface area contributed by atoms with Crippen molar-refractivity contribution in [3.63, 3.8) is 0 Å². The number of hydrogen-bond acceptors (Lipinski definition) is 5. The van der Waals surface area contributed by atoms with E-state index in [1.807, 2.05) is 6.07 Å². The summed E-state index contributed by atoms with van der Waals surface area (Å²) < 4.78 is 18.9. The van der Waals surface area contributed by atoms with E-state index in [2.05, 4.69) is 21.2 Å². The van der Waals surface area contributed by atoms with Crippen LogP contribution in [0, 0.1) is 5.82 Å². The van der Waals surface area contributed by atoms with Gasteiger partial charge < -0.3 is 14.5 Å². The quantitative estimate of drug-likeness (QED) is 0.810. The third-order valence-electron chi connectivity index (χ3n) is 5.04. The van der Waals surface area contributed by atoms with Gasteiger partial charge in [-0.05, 0) is 44.0 Å². The molecule has 1 aromatic carbocycles. The molecule has 2 fully saturated rings. The maximum absolute atomic E-state index is 13.3. The summed E-state index contributed by atoms with van der Waals surface area (Å²) in [4.78, 5) is 16.5. The topological polar surface area (TPSA) is 58.6 Å². The first-order valence-electron chi connectivity index (χ1n) is 9.40. The molecule has 1 aromatic heterocycles. The SMILES string of the molecule is C[C@@H](Oc1cccc(F)c1)C(=O)N1CCN(c2ccc(C3CC3)nn2)CC1. The zero-order chi connectivity index (χ0) is 18.8. The lowest BCUT2D eigenvalue weighted by Crippen LogP contribution is -2.52. The van der Waals surface area contributed by atoms with Crippen LogP contribution in [0.15, 0.2) is 36.4 Å². The van der Waals surface area contributed by atoms with Crippen molar-refractivity contribution in [2.24, 2.45) is 0 Å². The molecule has 27 heavy (non-hydrogen) atoms. The molecule has 0 bridgehead atoms. The number of carbonyl (C=O) groups is 1. The van der Waals surface area contributed by atoms with Gasteiger partial charge in [0.1, 0.15) is 11.6 Å². The van der Waals surface area contributed by atoms with Gasteiger partial charge in [-0.15, -0.1) is 5.10 Å². The lowest BCUT2D eigenvalue weighted by Gasteiger charge is -2.36. The van der Waals surface area contributed by atoms with Gasteiger partial charge in [-0.1, -0.05) is 6.07 Å². The zero-order valence-electron chi connectivity index (χ0n) is 15.3. The van der Waals surface area contributed by atoms with E-state index in [0.29, 0.717) is 37.8 Å². The van der Waals surface area contributed by atoms with Crippen molar-refractivity contribution in [1.29, 1.82) is 0 Å². The van der Waals surface area contributed by atoms with Crippen LogP contribution in [0.4, 0.5) is 10.2 Å². The molecule has 0 unspecified atom stereocenters. The fraction of sp³-hybridized carbons (Fsp3) is 0.450. The van der Waals surface area contributed by atoms with Crippen molar-refractivity contribution in [3.05, 3.63) is 47.9 Å². The number of amides is 1. The van der Waals surface area contributed by atoms with Crippen molar-refractivity contribution in [2.45, 2.75) is 31.8 Å². The summed E-state index contributed by atoms with van der Waals surface area (Å²) >= 11 is 0. The van der Waals surface area contributed by atoms with Gasteiger partial charge in [-0.25, -0.2) is 4.39 Å². The minimum atomic E-state index is -0.657. The molecule has 0 spiro atoms. The summed E-state index contributed by atoms with van der Waals surface area (Å²) in [6.07, 6.45) is 1.77. The molecular weight excluding hydrogens is 347 g/mol. The van der Waals surface area contributed by atoms with E-state index in [9.17, 15) is 9.18 Å². The maximum Gasteiger partial charge on any atom is 0.263 e. The van der Waals surface area contributed by atoms with Crippen LogP contribution in [0.3, 0.4) is 0 Å². The van der Waals surface area contributed by atoms with E-state index < -0.39 is 6.10 Å². The van der Waals surface area contributed by atoms with Crippen molar-refractivity contribution >= 4 is 11.7 Å². The highest BCUT2D eigenvalue weighted by Gasteiger charge is 2.28. The Hall–Kier alpha value is -2.70. The second kappa shape index (κ2) is 7.50. The van der Waals surface area contributed by atoms with Gasteiger partial charge >= 0.3 is 0 Å². The molecule has 4 rings (SSSR count). The Balaban J connectivity index is 1.30. The van der Waals surface area contributed by atoms with E-state index in [4.69, 9.17) is 4.74 Å². The highest BCUT2D eigenvalue weighted by Crippen LogP contribution is 2.38. The second-order valence-electron chi connectivity index (χ2n) is 7.12. The number of halogens is 1. The zero-order valence-corrected chi connectivity index (χ0v) is 15.3. The van der Waals surface area contributed by atoms with E-state index in [1.165, 1.54) is 25.0 Å². The smallest absolute Gasteiger partial charge is 0.263 e. The van der Waals surface area contributed by atoms with Crippen LogP contribution in [0.25, 0.3) is 0 Å². The minimum absolute atomic E-state index is 0.0888. The van der Waals surface area contributed by atoms with Crippen LogP contribution in [0.5, 0.6) is 5.75 Å². The van der Waals surface area contributed by atoms with Crippen molar-refractivity contribution in [1.82, 2.24) is 15.1 Å². The summed E-state index contributed by atoms with van der Waals surface area (Å²) in [6.45, 7) is 4.30. The van der Waals surface area contributed by atoms with Crippen molar-refractivity contribution in [2.75, 3.05) is 31.1 Å². The average molecular weight is 370 g/mol. The van der Waals surface area contributed by atoms with Crippen LogP contribution >= 0.6 is 0 Å². The number of aromatic nitrogens is 2. The summed E-state index contributed by atoms with van der Waals surface area (Å²) in [5.74, 6) is 1.35. The van der Waals surface area contributed by atoms with Gasteiger partial charge in [0.2, 0.25) is 0 Å². The Bertz CT molecular complexity index is 802. The Morgan fingerprint density at radius 2 is 1.93 bits per heavy atom. The Morgan fingerprint density at radius 1 is 1.15 bits per heavy atom. The predicted octanol–water partition coefficient (Wildman–Crippen LogP) is 2.61. The van der Waals surface area contributed by atoms with E-state index in [0.717, 1.165) is 11.5 Å². The van der Waals surface area contributed by atoms with E-state index >= 15 is 0 Å². The Morgan fingerprint density at radius 3 is 2.56 bits per heavy atom. The normalized spacial score (nSPS) is 18.3. The number of nitrogens with zero attached hydrogens (tertiary/aromatic N) is 4. The minimum Gasteiger partial charge on any atom is -0.481 e. The first-order valence-corrected chi connectivity index (χ1v) is 9.40. The number of hydrogen-bond donors (Lipinski definition) is 0. The number of carbonyl (C=O) groups excluding carboxylic acids is 1. The maximum atomic E-state index is 13.3. The Kier molecular flexibility index (Phi) is 4.92. The molecule has 1 saturated heterocycles. The summed E-state index contributed by atoms with van der Waals surface area (Å²) in [7, 11) is 0. The lowest BCUT2D eigenvalue weighted by molar-refractivity contribution is -0.138. The fourth-order valence-electron chi connectivity index (χ4n) is 3.31. The number of anilines is 1. The molecule has 7 heteroatoms. The first-order chi connectivity index (χ1) is 13.1. The third-order valence-corrected chi connectivity index (χ3v) is 5.04. The van der Waals surface area contributed by atoms with Gasteiger partial charge in [-0.2, -0.15) is 5.10 Å². The highest BCUT2D eigenvalue weighted by atomic mass is 19.1. The predicted molar refractivity (Wildman–Crippen MR) is 99.3 cm³/mol. The van der Waals surface area contributed by atoms with Gasteiger partial charge in [0.05, 0.1) is 5.69 Å². The standard InChI is InChI=1S/C20H23FN4O2/c1-14(27-17-4-2-3-16(21)13-17)20(26)25-11-9-24(10-12-25)19-8-7-18(22-23-19)15-5-6-15/h2-4,7-8,13-15H,5-6,9-12H2,1H3/t14-/m1/s1. The van der Waals surface area contributed by atoms with Gasteiger partial charge in [0, 0.05) is 38.2 Å². The monoisotopic (exact) mass is 370 g/mol. The van der Waals surface area contributed by atoms with Crippen molar-refractivity contribution in [3.8, 4) is 5.75 Å². The van der Waals surface area contributed by atoms with Crippen LogP contribution in [0.2, 0.25) is 0 Å². The number of ether oxygens (including phenoxy) is 1. The highest BCUT2D eigenvalue weighted by molar-refractivity contribution is 5.81. The number of rotatable bonds is 5. The number of benzene rings is 1. The molecule has 1 atom stereocenters. The van der Waals surface area contributed by atoms with Gasteiger partial charge in [-0.3, -0.25) is 4.79 Å². The van der Waals surface area contributed by atoms with Gasteiger partial charge in [0.25, 0.3) is 5.91 Å². The van der Waals surface area contributed by atoms with Crippen LogP contribution in [-0.2, 0) is 4.79 Å². The average Bonchev–Trinajstić information content (AvgIpc) is 3.53. The molecule has 2 aliphatic rings. The van der Waals surface area contributed by atoms with Crippen LogP contribution < -0.4 is 9.64 Å². The van der Waals surface area contributed by atoms with Gasteiger partial charge in [0.15, 0.2) is 11.9 Å². The molecule has 0 radical (unpaired) electrons. The largest absolute Gasteiger partial charge is 0.481 e. The molecule has 142 valence electrons. The van der Waals surface area contributed by atoms with E-state index in [-0.39, 0.29) is 11.7 Å². The summed E-state index contributed by atoms with van der Waals surface area (Å²) in [6, 6.07) is 9.93. The fourth-order valence-corrected chi connectivity index (χ4v) is 3.31. The molecule has 6 nitrogen and oxygen atoms in total. The second-order valence-corrected chi connectivity index (χ2v) is 7.12. The van der Waals surface area contributed by atoms with Crippen molar-refractivity contribution < 1.29 is 13.9 Å². The lowest BCUT2D eigenvalue weighted by atomic mass is 10.2. The van der Waals surface area contributed by atoms with E-state index in [1.54, 1.807) is 24.0 Å².